The summed E-state index contributed by atoms with van der Waals surface area (Å²) in [5, 5.41) is 14.2. The number of aliphatic hydroxyl groups excluding tert-OH is 1. The third-order valence-corrected chi connectivity index (χ3v) is 2.71. The van der Waals surface area contributed by atoms with Gasteiger partial charge in [0.05, 0.1) is 13.2 Å². The Kier molecular flexibility index (Phi) is 12.8. The Hall–Kier alpha value is -2.37. The van der Waals surface area contributed by atoms with Crippen LogP contribution in [-0.4, -0.2) is 37.3 Å². The maximum absolute atomic E-state index is 11.6. The fourth-order valence-electron chi connectivity index (χ4n) is 1.61. The predicted octanol–water partition coefficient (Wildman–Crippen LogP) is 2.91. The van der Waals surface area contributed by atoms with Crippen LogP contribution in [0.2, 0.25) is 0 Å². The minimum Gasteiger partial charge on any atom is -0.489 e. The number of carbonyl (C=O) groups is 1. The Morgan fingerprint density at radius 3 is 2.46 bits per heavy atom. The zero-order valence-corrected chi connectivity index (χ0v) is 14.5. The number of amides is 1. The quantitative estimate of drug-likeness (QED) is 0.455. The van der Waals surface area contributed by atoms with Gasteiger partial charge >= 0.3 is 0 Å². The molecule has 0 spiro atoms. The molecule has 24 heavy (non-hydrogen) atoms. The van der Waals surface area contributed by atoms with Crippen molar-refractivity contribution in [2.75, 3.05) is 31.6 Å². The molecule has 0 aliphatic rings. The van der Waals surface area contributed by atoms with E-state index >= 15 is 0 Å². The SMILES string of the molecule is C=C/C=C(\C=C)COc1ccc(NC(=O)CNCCO)cc1.CC. The molecule has 0 heterocycles. The number of aliphatic hydroxyl groups is 1. The van der Waals surface area contributed by atoms with E-state index in [1.54, 1.807) is 36.4 Å². The van der Waals surface area contributed by atoms with Crippen LogP contribution in [-0.2, 0) is 4.79 Å². The molecule has 5 nitrogen and oxygen atoms in total. The van der Waals surface area contributed by atoms with Crippen LogP contribution >= 0.6 is 0 Å². The number of hydrogen-bond donors (Lipinski definition) is 3. The fraction of sp³-hybridized carbons (Fsp3) is 0.316. The smallest absolute Gasteiger partial charge is 0.238 e. The summed E-state index contributed by atoms with van der Waals surface area (Å²) in [4.78, 5) is 11.6. The Bertz CT molecular complexity index is 522. The highest BCUT2D eigenvalue weighted by atomic mass is 16.5. The molecule has 3 N–H and O–H groups in total. The summed E-state index contributed by atoms with van der Waals surface area (Å²) < 4.78 is 5.61. The second-order valence-electron chi connectivity index (χ2n) is 4.44. The van der Waals surface area contributed by atoms with Gasteiger partial charge in [-0.2, -0.15) is 0 Å². The van der Waals surface area contributed by atoms with Gasteiger partial charge in [0, 0.05) is 12.2 Å². The minimum absolute atomic E-state index is 0.00626. The Balaban J connectivity index is 0.00000254. The molecule has 0 aliphatic carbocycles. The lowest BCUT2D eigenvalue weighted by molar-refractivity contribution is -0.115. The molecular formula is C19H28N2O3. The second kappa shape index (κ2) is 14.2. The Morgan fingerprint density at radius 1 is 1.25 bits per heavy atom. The first-order valence-electron chi connectivity index (χ1n) is 7.98. The van der Waals surface area contributed by atoms with E-state index in [1.165, 1.54) is 0 Å². The van der Waals surface area contributed by atoms with Gasteiger partial charge in [-0.15, -0.1) is 0 Å². The van der Waals surface area contributed by atoms with Crippen LogP contribution in [0.25, 0.3) is 0 Å². The largest absolute Gasteiger partial charge is 0.489 e. The van der Waals surface area contributed by atoms with E-state index in [0.717, 1.165) is 5.57 Å². The summed E-state index contributed by atoms with van der Waals surface area (Å²) in [5.74, 6) is 0.540. The number of rotatable bonds is 10. The number of nitrogens with one attached hydrogen (secondary N) is 2. The van der Waals surface area contributed by atoms with Crippen molar-refractivity contribution < 1.29 is 14.6 Å². The fourth-order valence-corrected chi connectivity index (χ4v) is 1.61. The van der Waals surface area contributed by atoms with Crippen LogP contribution in [0.4, 0.5) is 5.69 Å². The van der Waals surface area contributed by atoms with Crippen molar-refractivity contribution in [3.63, 3.8) is 0 Å². The van der Waals surface area contributed by atoms with Crippen molar-refractivity contribution in [2.45, 2.75) is 13.8 Å². The number of allylic oxidation sites excluding steroid dienone is 2. The first kappa shape index (κ1) is 21.6. The summed E-state index contributed by atoms with van der Waals surface area (Å²) in [5.41, 5.74) is 1.62. The van der Waals surface area contributed by atoms with Gasteiger partial charge < -0.3 is 20.5 Å². The zero-order valence-electron chi connectivity index (χ0n) is 14.5. The van der Waals surface area contributed by atoms with Gasteiger partial charge in [-0.3, -0.25) is 4.79 Å². The maximum Gasteiger partial charge on any atom is 0.238 e. The van der Waals surface area contributed by atoms with Crippen LogP contribution in [0.1, 0.15) is 13.8 Å². The van der Waals surface area contributed by atoms with E-state index < -0.39 is 0 Å². The summed E-state index contributed by atoms with van der Waals surface area (Å²) in [7, 11) is 0. The number of ether oxygens (including phenoxy) is 1. The highest BCUT2D eigenvalue weighted by molar-refractivity contribution is 5.92. The molecule has 0 saturated heterocycles. The van der Waals surface area contributed by atoms with Crippen molar-refractivity contribution in [3.8, 4) is 5.75 Å². The third kappa shape index (κ3) is 9.61. The van der Waals surface area contributed by atoms with Gasteiger partial charge in [0.1, 0.15) is 12.4 Å². The summed E-state index contributed by atoms with van der Waals surface area (Å²) >= 11 is 0. The van der Waals surface area contributed by atoms with Crippen LogP contribution in [0, 0.1) is 0 Å². The lowest BCUT2D eigenvalue weighted by Gasteiger charge is -2.09. The van der Waals surface area contributed by atoms with Crippen LogP contribution in [0.3, 0.4) is 0 Å². The van der Waals surface area contributed by atoms with E-state index in [1.807, 2.05) is 19.9 Å². The number of benzene rings is 1. The summed E-state index contributed by atoms with van der Waals surface area (Å²) in [6.07, 6.45) is 5.24. The standard InChI is InChI=1S/C17H22N2O3.C2H6/c1-3-5-14(4-2)13-22-16-8-6-15(7-9-16)19-17(21)12-18-10-11-20;1-2/h3-9,18,20H,1-2,10-13H2,(H,19,21);1-2H3/b14-5+;. The molecule has 1 aromatic rings. The molecule has 0 fully saturated rings. The first-order chi connectivity index (χ1) is 11.7. The molecule has 0 aromatic heterocycles. The maximum atomic E-state index is 11.6. The topological polar surface area (TPSA) is 70.6 Å². The summed E-state index contributed by atoms with van der Waals surface area (Å²) in [6, 6.07) is 7.10. The van der Waals surface area contributed by atoms with Gasteiger partial charge in [-0.1, -0.05) is 45.2 Å². The Morgan fingerprint density at radius 2 is 1.92 bits per heavy atom. The van der Waals surface area contributed by atoms with Gasteiger partial charge in [-0.05, 0) is 29.8 Å². The molecule has 0 radical (unpaired) electrons. The van der Waals surface area contributed by atoms with E-state index in [0.29, 0.717) is 24.6 Å². The monoisotopic (exact) mass is 332 g/mol. The first-order valence-corrected chi connectivity index (χ1v) is 7.98. The molecule has 0 unspecified atom stereocenters. The number of carbonyl (C=O) groups excluding carboxylic acids is 1. The molecule has 1 aromatic carbocycles. The van der Waals surface area contributed by atoms with Crippen molar-refractivity contribution in [1.82, 2.24) is 5.32 Å². The van der Waals surface area contributed by atoms with Crippen LogP contribution in [0.15, 0.2) is 61.2 Å². The summed E-state index contributed by atoms with van der Waals surface area (Å²) in [6.45, 7) is 12.3. The van der Waals surface area contributed by atoms with Crippen molar-refractivity contribution >= 4 is 11.6 Å². The zero-order chi connectivity index (χ0) is 18.2. The molecule has 0 saturated carbocycles. The van der Waals surface area contributed by atoms with Gasteiger partial charge in [0.25, 0.3) is 0 Å². The molecule has 132 valence electrons. The molecule has 5 heteroatoms. The minimum atomic E-state index is -0.162. The highest BCUT2D eigenvalue weighted by Gasteiger charge is 2.02. The highest BCUT2D eigenvalue weighted by Crippen LogP contribution is 2.16. The Labute approximate surface area is 144 Å². The molecule has 1 amide bonds. The molecule has 0 bridgehead atoms. The predicted molar refractivity (Wildman–Crippen MR) is 100 cm³/mol. The van der Waals surface area contributed by atoms with E-state index in [-0.39, 0.29) is 19.1 Å². The number of anilines is 1. The normalized spacial score (nSPS) is 10.2. The van der Waals surface area contributed by atoms with E-state index in [9.17, 15) is 4.79 Å². The van der Waals surface area contributed by atoms with Crippen LogP contribution < -0.4 is 15.4 Å². The van der Waals surface area contributed by atoms with Gasteiger partial charge in [0.15, 0.2) is 0 Å². The van der Waals surface area contributed by atoms with Gasteiger partial charge in [-0.25, -0.2) is 0 Å². The van der Waals surface area contributed by atoms with Crippen molar-refractivity contribution in [2.24, 2.45) is 0 Å². The van der Waals surface area contributed by atoms with Crippen molar-refractivity contribution in [1.29, 1.82) is 0 Å². The van der Waals surface area contributed by atoms with Crippen molar-refractivity contribution in [3.05, 3.63) is 61.2 Å². The van der Waals surface area contributed by atoms with Gasteiger partial charge in [0.2, 0.25) is 5.91 Å². The molecular weight excluding hydrogens is 304 g/mol. The lowest BCUT2D eigenvalue weighted by atomic mass is 10.2. The average molecular weight is 332 g/mol. The molecule has 1 rings (SSSR count). The lowest BCUT2D eigenvalue weighted by Crippen LogP contribution is -2.29. The average Bonchev–Trinajstić information content (AvgIpc) is 2.62. The second-order valence-corrected chi connectivity index (χ2v) is 4.44. The van der Waals surface area contributed by atoms with E-state index in [4.69, 9.17) is 9.84 Å². The number of hydrogen-bond acceptors (Lipinski definition) is 4. The van der Waals surface area contributed by atoms with Crippen LogP contribution in [0.5, 0.6) is 5.75 Å². The third-order valence-electron chi connectivity index (χ3n) is 2.71. The van der Waals surface area contributed by atoms with E-state index in [2.05, 4.69) is 23.8 Å². The molecule has 0 aliphatic heterocycles. The molecule has 0 atom stereocenters.